The van der Waals surface area contributed by atoms with Crippen LogP contribution in [-0.4, -0.2) is 80.7 Å². The van der Waals surface area contributed by atoms with Gasteiger partial charge in [-0.3, -0.25) is 19.4 Å². The molecule has 0 aliphatic carbocycles. The summed E-state index contributed by atoms with van der Waals surface area (Å²) >= 11 is 0. The number of nitrogens with one attached hydrogen (secondary N) is 2. The molecule has 2 heterocycles. The highest BCUT2D eigenvalue weighted by Gasteiger charge is 2.31. The first-order chi connectivity index (χ1) is 13.1. The molecule has 3 amide bonds. The van der Waals surface area contributed by atoms with Gasteiger partial charge in [0.25, 0.3) is 5.91 Å². The first-order valence-corrected chi connectivity index (χ1v) is 8.93. The minimum Gasteiger partial charge on any atom is -0.377 e. The summed E-state index contributed by atoms with van der Waals surface area (Å²) in [6.45, 7) is 2.83. The van der Waals surface area contributed by atoms with Gasteiger partial charge in [0.05, 0.1) is 37.9 Å². The van der Waals surface area contributed by atoms with E-state index < -0.39 is 0 Å². The molecule has 1 saturated heterocycles. The highest BCUT2D eigenvalue weighted by molar-refractivity contribution is 5.93. The largest absolute Gasteiger partial charge is 0.377 e. The second-order valence-electron chi connectivity index (χ2n) is 6.19. The van der Waals surface area contributed by atoms with Crippen molar-refractivity contribution in [2.24, 2.45) is 5.92 Å². The molecule has 1 unspecified atom stereocenters. The van der Waals surface area contributed by atoms with Crippen molar-refractivity contribution in [3.8, 4) is 0 Å². The Morgan fingerprint density at radius 1 is 1.19 bits per heavy atom. The van der Waals surface area contributed by atoms with Crippen LogP contribution < -0.4 is 10.6 Å². The molecule has 148 valence electrons. The summed E-state index contributed by atoms with van der Waals surface area (Å²) in [7, 11) is 1.70. The molecule has 1 atom stereocenters. The third-order valence-corrected chi connectivity index (χ3v) is 4.09. The minimum atomic E-state index is -0.271. The Labute approximate surface area is 158 Å². The summed E-state index contributed by atoms with van der Waals surface area (Å²) < 4.78 is 10.7. The van der Waals surface area contributed by atoms with Crippen molar-refractivity contribution >= 4 is 17.7 Å². The Morgan fingerprint density at radius 2 is 1.89 bits per heavy atom. The van der Waals surface area contributed by atoms with Crippen LogP contribution in [-0.2, 0) is 19.1 Å². The van der Waals surface area contributed by atoms with Crippen molar-refractivity contribution in [3.05, 3.63) is 30.1 Å². The Kier molecular flexibility index (Phi) is 8.66. The van der Waals surface area contributed by atoms with Crippen LogP contribution in [0.25, 0.3) is 0 Å². The van der Waals surface area contributed by atoms with Gasteiger partial charge in [0.2, 0.25) is 11.8 Å². The standard InChI is InChI=1S/C18H26N4O5/c1-22-13-15(11-16(22)23)18(25)21-6-8-27-10-9-26-7-5-20-17(24)14-3-2-4-19-12-14/h2-4,12,15H,5-11,13H2,1H3,(H,20,24)(H,21,25). The molecule has 1 aliphatic rings. The van der Waals surface area contributed by atoms with Gasteiger partial charge in [-0.25, -0.2) is 0 Å². The fourth-order valence-corrected chi connectivity index (χ4v) is 2.59. The van der Waals surface area contributed by atoms with Crippen LogP contribution in [0, 0.1) is 5.92 Å². The van der Waals surface area contributed by atoms with Crippen molar-refractivity contribution in [1.29, 1.82) is 0 Å². The van der Waals surface area contributed by atoms with Crippen LogP contribution in [0.3, 0.4) is 0 Å². The van der Waals surface area contributed by atoms with Crippen LogP contribution in [0.1, 0.15) is 16.8 Å². The van der Waals surface area contributed by atoms with Gasteiger partial charge >= 0.3 is 0 Å². The summed E-state index contributed by atoms with van der Waals surface area (Å²) in [5, 5.41) is 5.50. The number of hydrogen-bond acceptors (Lipinski definition) is 6. The van der Waals surface area contributed by atoms with Crippen LogP contribution in [0.4, 0.5) is 0 Å². The molecule has 1 fully saturated rings. The van der Waals surface area contributed by atoms with Gasteiger partial charge in [-0.1, -0.05) is 0 Å². The first kappa shape index (κ1) is 20.8. The lowest BCUT2D eigenvalue weighted by Gasteiger charge is -2.11. The summed E-state index contributed by atoms with van der Waals surface area (Å²) in [5.74, 6) is -0.571. The number of ether oxygens (including phenoxy) is 2. The van der Waals surface area contributed by atoms with E-state index in [-0.39, 0.29) is 30.1 Å². The Balaban J connectivity index is 1.40. The van der Waals surface area contributed by atoms with Gasteiger partial charge in [0.1, 0.15) is 0 Å². The number of amides is 3. The number of pyridine rings is 1. The molecule has 0 bridgehead atoms. The van der Waals surface area contributed by atoms with Gasteiger partial charge < -0.3 is 25.0 Å². The van der Waals surface area contributed by atoms with Crippen LogP contribution in [0.2, 0.25) is 0 Å². The lowest BCUT2D eigenvalue weighted by Crippen LogP contribution is -2.34. The lowest BCUT2D eigenvalue weighted by atomic mass is 10.1. The van der Waals surface area contributed by atoms with Crippen molar-refractivity contribution in [2.75, 3.05) is 53.1 Å². The van der Waals surface area contributed by atoms with Crippen molar-refractivity contribution in [2.45, 2.75) is 6.42 Å². The maximum absolute atomic E-state index is 11.9. The molecular formula is C18H26N4O5. The lowest BCUT2D eigenvalue weighted by molar-refractivity contribution is -0.128. The molecule has 0 radical (unpaired) electrons. The van der Waals surface area contributed by atoms with E-state index in [1.54, 1.807) is 30.3 Å². The van der Waals surface area contributed by atoms with E-state index in [0.717, 1.165) is 0 Å². The summed E-state index contributed by atoms with van der Waals surface area (Å²) in [5.41, 5.74) is 0.511. The quantitative estimate of drug-likeness (QED) is 0.500. The van der Waals surface area contributed by atoms with E-state index in [0.29, 0.717) is 51.6 Å². The number of carbonyl (C=O) groups excluding carboxylic acids is 3. The molecule has 0 saturated carbocycles. The van der Waals surface area contributed by atoms with Crippen molar-refractivity contribution in [1.82, 2.24) is 20.5 Å². The average molecular weight is 378 g/mol. The van der Waals surface area contributed by atoms with E-state index in [9.17, 15) is 14.4 Å². The zero-order valence-corrected chi connectivity index (χ0v) is 15.5. The third kappa shape index (κ3) is 7.32. The molecule has 2 N–H and O–H groups in total. The smallest absolute Gasteiger partial charge is 0.252 e. The van der Waals surface area contributed by atoms with E-state index in [1.165, 1.54) is 6.20 Å². The van der Waals surface area contributed by atoms with E-state index in [4.69, 9.17) is 9.47 Å². The minimum absolute atomic E-state index is 0.000161. The molecule has 1 aromatic rings. The topological polar surface area (TPSA) is 110 Å². The fourth-order valence-electron chi connectivity index (χ4n) is 2.59. The van der Waals surface area contributed by atoms with Crippen LogP contribution >= 0.6 is 0 Å². The molecule has 0 aromatic carbocycles. The van der Waals surface area contributed by atoms with E-state index in [1.807, 2.05) is 0 Å². The van der Waals surface area contributed by atoms with Crippen molar-refractivity contribution < 1.29 is 23.9 Å². The SMILES string of the molecule is CN1CC(C(=O)NCCOCCOCCNC(=O)c2cccnc2)CC1=O. The third-order valence-electron chi connectivity index (χ3n) is 4.09. The monoisotopic (exact) mass is 378 g/mol. The molecule has 9 heteroatoms. The normalized spacial score (nSPS) is 16.4. The molecule has 2 rings (SSSR count). The van der Waals surface area contributed by atoms with E-state index in [2.05, 4.69) is 15.6 Å². The number of nitrogens with zero attached hydrogens (tertiary/aromatic N) is 2. The first-order valence-electron chi connectivity index (χ1n) is 8.93. The highest BCUT2D eigenvalue weighted by atomic mass is 16.5. The fraction of sp³-hybridized carbons (Fsp3) is 0.556. The number of rotatable bonds is 11. The van der Waals surface area contributed by atoms with E-state index >= 15 is 0 Å². The number of carbonyl (C=O) groups is 3. The van der Waals surface area contributed by atoms with Crippen LogP contribution in [0.5, 0.6) is 0 Å². The van der Waals surface area contributed by atoms with Gasteiger partial charge in [0, 0.05) is 45.5 Å². The molecule has 1 aromatic heterocycles. The zero-order chi connectivity index (χ0) is 19.5. The molecular weight excluding hydrogens is 352 g/mol. The van der Waals surface area contributed by atoms with Gasteiger partial charge in [0.15, 0.2) is 0 Å². The number of aromatic nitrogens is 1. The summed E-state index contributed by atoms with van der Waals surface area (Å²) in [6.07, 6.45) is 3.39. The highest BCUT2D eigenvalue weighted by Crippen LogP contribution is 2.15. The van der Waals surface area contributed by atoms with Crippen molar-refractivity contribution in [3.63, 3.8) is 0 Å². The molecule has 0 spiro atoms. The van der Waals surface area contributed by atoms with Gasteiger partial charge in [-0.05, 0) is 12.1 Å². The van der Waals surface area contributed by atoms with Gasteiger partial charge in [-0.15, -0.1) is 0 Å². The Bertz CT molecular complexity index is 625. The molecule has 9 nitrogen and oxygen atoms in total. The summed E-state index contributed by atoms with van der Waals surface area (Å²) in [6, 6.07) is 3.40. The van der Waals surface area contributed by atoms with Crippen LogP contribution in [0.15, 0.2) is 24.5 Å². The maximum atomic E-state index is 11.9. The maximum Gasteiger partial charge on any atom is 0.252 e. The van der Waals surface area contributed by atoms with Gasteiger partial charge in [-0.2, -0.15) is 0 Å². The number of hydrogen-bond donors (Lipinski definition) is 2. The predicted octanol–water partition coefficient (Wildman–Crippen LogP) is -0.561. The Hall–Kier alpha value is -2.52. The second-order valence-corrected chi connectivity index (χ2v) is 6.19. The summed E-state index contributed by atoms with van der Waals surface area (Å²) in [4.78, 5) is 40.5. The number of likely N-dealkylation sites (tertiary alicyclic amines) is 1. The Morgan fingerprint density at radius 3 is 2.48 bits per heavy atom. The molecule has 1 aliphatic heterocycles. The molecule has 27 heavy (non-hydrogen) atoms. The predicted molar refractivity (Wildman–Crippen MR) is 97.0 cm³/mol. The second kappa shape index (κ2) is 11.2. The average Bonchev–Trinajstić information content (AvgIpc) is 3.02. The zero-order valence-electron chi connectivity index (χ0n) is 15.5.